The van der Waals surface area contributed by atoms with Crippen LogP contribution < -0.4 is 10.1 Å². The molecule has 0 atom stereocenters. The maximum Gasteiger partial charge on any atom is 0.149 e. The first-order valence-corrected chi connectivity index (χ1v) is 12.0. The average molecular weight is 453 g/mol. The Morgan fingerprint density at radius 1 is 1.00 bits per heavy atom. The van der Waals surface area contributed by atoms with E-state index in [1.54, 1.807) is 17.7 Å². The van der Waals surface area contributed by atoms with Crippen LogP contribution in [0.4, 0.5) is 5.82 Å². The van der Waals surface area contributed by atoms with E-state index in [9.17, 15) is 0 Å². The summed E-state index contributed by atoms with van der Waals surface area (Å²) in [4.78, 5) is 15.4. The number of fused-ring (bicyclic) bond motifs is 5. The number of benzene rings is 2. The lowest BCUT2D eigenvalue weighted by Gasteiger charge is -2.32. The summed E-state index contributed by atoms with van der Waals surface area (Å²) in [6, 6.07) is 20.7. The summed E-state index contributed by atoms with van der Waals surface area (Å²) in [5.74, 6) is 1.74. The lowest BCUT2D eigenvalue weighted by Crippen LogP contribution is -2.29. The van der Waals surface area contributed by atoms with E-state index in [-0.39, 0.29) is 5.41 Å². The maximum absolute atomic E-state index is 6.37. The largest absolute Gasteiger partial charge is 0.490 e. The lowest BCUT2D eigenvalue weighted by atomic mass is 9.83. The molecule has 1 aliphatic heterocycles. The van der Waals surface area contributed by atoms with E-state index in [0.717, 1.165) is 49.7 Å². The summed E-state index contributed by atoms with van der Waals surface area (Å²) in [6.07, 6.45) is 2.57. The highest BCUT2D eigenvalue weighted by Crippen LogP contribution is 2.47. The van der Waals surface area contributed by atoms with Crippen LogP contribution in [0.5, 0.6) is 5.75 Å². The van der Waals surface area contributed by atoms with E-state index < -0.39 is 0 Å². The van der Waals surface area contributed by atoms with Gasteiger partial charge in [-0.25, -0.2) is 15.0 Å². The monoisotopic (exact) mass is 452 g/mol. The number of aromatic nitrogens is 3. The SMILES string of the molecule is CC1(C)COc2c(-c3ccccc3)nc3sc4c(NCc5ccccc5)ncnc4c3c2C1. The third-order valence-electron chi connectivity index (χ3n) is 6.07. The number of pyridine rings is 1. The molecule has 6 rings (SSSR count). The number of anilines is 1. The van der Waals surface area contributed by atoms with E-state index in [0.29, 0.717) is 13.2 Å². The minimum Gasteiger partial charge on any atom is -0.490 e. The van der Waals surface area contributed by atoms with Gasteiger partial charge in [0.2, 0.25) is 0 Å². The molecule has 164 valence electrons. The van der Waals surface area contributed by atoms with E-state index in [4.69, 9.17) is 14.7 Å². The van der Waals surface area contributed by atoms with Crippen LogP contribution >= 0.6 is 11.3 Å². The molecular formula is C27H24N4OS. The number of nitrogens with zero attached hydrogens (tertiary/aromatic N) is 3. The second-order valence-corrected chi connectivity index (χ2v) is 10.3. The van der Waals surface area contributed by atoms with Gasteiger partial charge in [-0.1, -0.05) is 74.5 Å². The molecule has 0 saturated heterocycles. The Balaban J connectivity index is 1.55. The van der Waals surface area contributed by atoms with Crippen LogP contribution in [0.25, 0.3) is 31.7 Å². The molecule has 33 heavy (non-hydrogen) atoms. The Bertz CT molecular complexity index is 1460. The quantitative estimate of drug-likeness (QED) is 0.338. The Morgan fingerprint density at radius 3 is 2.55 bits per heavy atom. The number of rotatable bonds is 4. The molecule has 0 fully saturated rings. The topological polar surface area (TPSA) is 59.9 Å². The van der Waals surface area contributed by atoms with Crippen molar-refractivity contribution in [3.8, 4) is 17.0 Å². The van der Waals surface area contributed by atoms with Gasteiger partial charge >= 0.3 is 0 Å². The van der Waals surface area contributed by atoms with Crippen molar-refractivity contribution in [1.29, 1.82) is 0 Å². The van der Waals surface area contributed by atoms with Crippen LogP contribution in [-0.4, -0.2) is 21.6 Å². The molecule has 0 unspecified atom stereocenters. The Morgan fingerprint density at radius 2 is 1.76 bits per heavy atom. The molecule has 5 nitrogen and oxygen atoms in total. The van der Waals surface area contributed by atoms with Crippen molar-refractivity contribution in [1.82, 2.24) is 15.0 Å². The molecule has 3 aromatic heterocycles. The average Bonchev–Trinajstić information content (AvgIpc) is 3.22. The fraction of sp³-hybridized carbons (Fsp3) is 0.222. The standard InChI is InChI=1S/C27H24N4OS/c1-27(2)13-19-20-22-24(25(30-16-29-22)28-14-17-9-5-3-6-10-17)33-26(20)31-21(23(19)32-15-27)18-11-7-4-8-12-18/h3-12,16H,13-15H2,1-2H3,(H,28,29,30). The van der Waals surface area contributed by atoms with Crippen molar-refractivity contribution in [2.24, 2.45) is 5.41 Å². The fourth-order valence-corrected chi connectivity index (χ4v) is 5.60. The van der Waals surface area contributed by atoms with Crippen LogP contribution in [0.15, 0.2) is 67.0 Å². The van der Waals surface area contributed by atoms with Gasteiger partial charge in [-0.05, 0) is 12.0 Å². The lowest BCUT2D eigenvalue weighted by molar-refractivity contribution is 0.156. The van der Waals surface area contributed by atoms with E-state index in [1.165, 1.54) is 11.1 Å². The summed E-state index contributed by atoms with van der Waals surface area (Å²) in [6.45, 7) is 5.88. The molecule has 1 N–H and O–H groups in total. The first-order chi connectivity index (χ1) is 16.1. The van der Waals surface area contributed by atoms with Gasteiger partial charge in [-0.2, -0.15) is 0 Å². The molecule has 0 saturated carbocycles. The maximum atomic E-state index is 6.37. The van der Waals surface area contributed by atoms with Crippen LogP contribution in [0.1, 0.15) is 25.0 Å². The first kappa shape index (κ1) is 20.1. The molecule has 2 aromatic carbocycles. The first-order valence-electron chi connectivity index (χ1n) is 11.2. The van der Waals surface area contributed by atoms with E-state index >= 15 is 0 Å². The highest BCUT2D eigenvalue weighted by atomic mass is 32.1. The van der Waals surface area contributed by atoms with Gasteiger partial charge in [0.15, 0.2) is 0 Å². The minimum absolute atomic E-state index is 0.0465. The van der Waals surface area contributed by atoms with Crippen LogP contribution in [0, 0.1) is 5.41 Å². The highest BCUT2D eigenvalue weighted by molar-refractivity contribution is 7.26. The normalized spacial score (nSPS) is 14.7. The third kappa shape index (κ3) is 3.60. The van der Waals surface area contributed by atoms with Gasteiger partial charge in [0.1, 0.15) is 28.4 Å². The minimum atomic E-state index is 0.0465. The number of ether oxygens (including phenoxy) is 1. The van der Waals surface area contributed by atoms with Gasteiger partial charge in [-0.15, -0.1) is 11.3 Å². The van der Waals surface area contributed by atoms with Crippen molar-refractivity contribution in [2.45, 2.75) is 26.8 Å². The zero-order chi connectivity index (χ0) is 22.4. The molecule has 0 radical (unpaired) electrons. The van der Waals surface area contributed by atoms with Crippen molar-refractivity contribution in [2.75, 3.05) is 11.9 Å². The second kappa shape index (κ2) is 7.81. The fourth-order valence-electron chi connectivity index (χ4n) is 4.48. The van der Waals surface area contributed by atoms with Crippen LogP contribution in [0.3, 0.4) is 0 Å². The van der Waals surface area contributed by atoms with Crippen LogP contribution in [0.2, 0.25) is 0 Å². The van der Waals surface area contributed by atoms with Gasteiger partial charge in [-0.3, -0.25) is 0 Å². The highest BCUT2D eigenvalue weighted by Gasteiger charge is 2.33. The Labute approximate surface area is 196 Å². The summed E-state index contributed by atoms with van der Waals surface area (Å²) in [5.41, 5.74) is 5.39. The summed E-state index contributed by atoms with van der Waals surface area (Å²) < 4.78 is 7.40. The predicted molar refractivity (Wildman–Crippen MR) is 135 cm³/mol. The zero-order valence-corrected chi connectivity index (χ0v) is 19.4. The Kier molecular flexibility index (Phi) is 4.76. The van der Waals surface area contributed by atoms with Gasteiger partial charge in [0.25, 0.3) is 0 Å². The molecule has 5 aromatic rings. The zero-order valence-electron chi connectivity index (χ0n) is 18.6. The predicted octanol–water partition coefficient (Wildman–Crippen LogP) is 6.48. The van der Waals surface area contributed by atoms with Crippen molar-refractivity contribution < 1.29 is 4.74 Å². The Hall–Kier alpha value is -3.51. The number of hydrogen-bond acceptors (Lipinski definition) is 6. The van der Waals surface area contributed by atoms with E-state index in [1.807, 2.05) is 24.3 Å². The number of thiophene rings is 1. The molecule has 0 aliphatic carbocycles. The molecule has 1 aliphatic rings. The smallest absolute Gasteiger partial charge is 0.149 e. The van der Waals surface area contributed by atoms with Crippen molar-refractivity contribution in [3.63, 3.8) is 0 Å². The molecular weight excluding hydrogens is 428 g/mol. The second-order valence-electron chi connectivity index (χ2n) is 9.29. The van der Waals surface area contributed by atoms with Crippen molar-refractivity contribution >= 4 is 37.6 Å². The molecule has 0 amide bonds. The van der Waals surface area contributed by atoms with Crippen LogP contribution in [-0.2, 0) is 13.0 Å². The van der Waals surface area contributed by atoms with Gasteiger partial charge in [0.05, 0.1) is 16.8 Å². The van der Waals surface area contributed by atoms with Crippen molar-refractivity contribution in [3.05, 3.63) is 78.1 Å². The van der Waals surface area contributed by atoms with Gasteiger partial charge < -0.3 is 10.1 Å². The summed E-state index contributed by atoms with van der Waals surface area (Å²) in [7, 11) is 0. The summed E-state index contributed by atoms with van der Waals surface area (Å²) in [5, 5.41) is 4.61. The molecule has 0 bridgehead atoms. The molecule has 0 spiro atoms. The summed E-state index contributed by atoms with van der Waals surface area (Å²) >= 11 is 1.65. The van der Waals surface area contributed by atoms with E-state index in [2.05, 4.69) is 60.5 Å². The van der Waals surface area contributed by atoms with Gasteiger partial charge in [0, 0.05) is 28.5 Å². The number of nitrogens with one attached hydrogen (secondary N) is 1. The molecule has 4 heterocycles. The third-order valence-corrected chi connectivity index (χ3v) is 7.15. The number of hydrogen-bond donors (Lipinski definition) is 1. The molecule has 6 heteroatoms.